The molecule has 0 aliphatic carbocycles. The van der Waals surface area contributed by atoms with Crippen LogP contribution in [0.15, 0.2) is 0 Å². The maximum absolute atomic E-state index is 12.4. The second-order valence-electron chi connectivity index (χ2n) is 7.05. The number of primary amides is 1. The number of carboxylic acid groups (broad SMARTS) is 2. The maximum Gasteiger partial charge on any atom is 0.404 e. The van der Waals surface area contributed by atoms with Crippen LogP contribution in [-0.2, 0) is 23.9 Å². The van der Waals surface area contributed by atoms with Crippen molar-refractivity contribution in [2.45, 2.75) is 43.1 Å². The van der Waals surface area contributed by atoms with E-state index in [4.69, 9.17) is 16.6 Å². The van der Waals surface area contributed by atoms with Crippen molar-refractivity contribution >= 4 is 41.6 Å². The highest BCUT2D eigenvalue weighted by Crippen LogP contribution is 2.43. The van der Waals surface area contributed by atoms with Gasteiger partial charge in [-0.15, -0.1) is 11.8 Å². The van der Waals surface area contributed by atoms with Crippen LogP contribution < -0.4 is 16.8 Å². The normalized spacial score (nSPS) is 26.7. The molecule has 12 nitrogen and oxygen atoms in total. The van der Waals surface area contributed by atoms with Crippen LogP contribution in [0.5, 0.6) is 0 Å². The largest absolute Gasteiger partial charge is 0.481 e. The number of rotatable bonds is 10. The second-order valence-corrected chi connectivity index (χ2v) is 8.16. The zero-order chi connectivity index (χ0) is 21.8. The van der Waals surface area contributed by atoms with Crippen molar-refractivity contribution < 1.29 is 38.9 Å². The highest BCUT2D eigenvalue weighted by Gasteiger charge is 2.57. The number of aliphatic carboxylic acids is 2. The molecule has 2 rings (SSSR count). The Balaban J connectivity index is 1.86. The van der Waals surface area contributed by atoms with Gasteiger partial charge in [0.1, 0.15) is 17.5 Å². The number of ether oxygens (including phenoxy) is 1. The van der Waals surface area contributed by atoms with Gasteiger partial charge in [0, 0.05) is 25.1 Å². The number of hydrogen-bond donors (Lipinski definition) is 5. The lowest BCUT2D eigenvalue weighted by molar-refractivity contribution is -0.159. The van der Waals surface area contributed by atoms with Crippen LogP contribution in [0.4, 0.5) is 4.79 Å². The molecule has 29 heavy (non-hydrogen) atoms. The molecule has 0 bridgehead atoms. The van der Waals surface area contributed by atoms with Crippen LogP contribution in [-0.4, -0.2) is 81.3 Å². The lowest BCUT2D eigenvalue weighted by Crippen LogP contribution is -2.73. The van der Waals surface area contributed by atoms with Gasteiger partial charge in [0.2, 0.25) is 11.8 Å². The number of fused-ring (bicyclic) bond motifs is 1. The first-order valence-electron chi connectivity index (χ1n) is 8.93. The van der Waals surface area contributed by atoms with Crippen molar-refractivity contribution in [3.8, 4) is 0 Å². The number of nitrogens with zero attached hydrogens (tertiary/aromatic N) is 1. The minimum absolute atomic E-state index is 0.00956. The smallest absolute Gasteiger partial charge is 0.404 e. The first-order valence-corrected chi connectivity index (χ1v) is 9.98. The summed E-state index contributed by atoms with van der Waals surface area (Å²) in [5, 5.41) is 20.6. The van der Waals surface area contributed by atoms with Crippen LogP contribution in [0.25, 0.3) is 0 Å². The number of thioether (sulfide) groups is 1. The van der Waals surface area contributed by atoms with E-state index in [0.717, 1.165) is 0 Å². The van der Waals surface area contributed by atoms with E-state index in [1.807, 2.05) is 0 Å². The van der Waals surface area contributed by atoms with Gasteiger partial charge in [-0.1, -0.05) is 0 Å². The summed E-state index contributed by atoms with van der Waals surface area (Å²) < 4.78 is 4.63. The summed E-state index contributed by atoms with van der Waals surface area (Å²) in [5.41, 5.74) is 8.99. The van der Waals surface area contributed by atoms with Crippen LogP contribution in [0.2, 0.25) is 0 Å². The van der Waals surface area contributed by atoms with Gasteiger partial charge in [-0.05, 0) is 12.8 Å². The Kier molecular flexibility index (Phi) is 7.30. The second kappa shape index (κ2) is 9.31. The van der Waals surface area contributed by atoms with Gasteiger partial charge in [0.15, 0.2) is 0 Å². The van der Waals surface area contributed by atoms with Gasteiger partial charge in [-0.2, -0.15) is 0 Å². The van der Waals surface area contributed by atoms with E-state index in [1.54, 1.807) is 0 Å². The summed E-state index contributed by atoms with van der Waals surface area (Å²) in [6.45, 7) is -0.228. The zero-order valence-electron chi connectivity index (χ0n) is 15.5. The van der Waals surface area contributed by atoms with Crippen molar-refractivity contribution in [3.63, 3.8) is 0 Å². The third-order valence-corrected chi connectivity index (χ3v) is 6.56. The van der Waals surface area contributed by atoms with Crippen molar-refractivity contribution in [1.29, 1.82) is 0 Å². The van der Waals surface area contributed by atoms with Crippen LogP contribution >= 0.6 is 11.8 Å². The van der Waals surface area contributed by atoms with E-state index >= 15 is 0 Å². The quantitative estimate of drug-likeness (QED) is 0.253. The number of carboxylic acids is 2. The number of carbonyl (C=O) groups excluding carboxylic acids is 3. The molecule has 2 fully saturated rings. The summed E-state index contributed by atoms with van der Waals surface area (Å²) in [7, 11) is 0. The maximum atomic E-state index is 12.4. The van der Waals surface area contributed by atoms with Gasteiger partial charge in [-0.3, -0.25) is 19.2 Å². The number of amides is 3. The Morgan fingerprint density at radius 2 is 2.03 bits per heavy atom. The molecule has 2 aliphatic heterocycles. The van der Waals surface area contributed by atoms with Gasteiger partial charge in [-0.25, -0.2) is 4.79 Å². The van der Waals surface area contributed by atoms with E-state index in [-0.39, 0.29) is 55.9 Å². The SMILES string of the molecule is NC(=O)OCCC1(C(=O)O)CS[C@@H]2C(NC(=O)CCCC(N)C(=O)O)C(=O)N2C1. The van der Waals surface area contributed by atoms with Crippen molar-refractivity contribution in [3.05, 3.63) is 0 Å². The van der Waals surface area contributed by atoms with E-state index in [0.29, 0.717) is 0 Å². The molecule has 0 radical (unpaired) electrons. The summed E-state index contributed by atoms with van der Waals surface area (Å²) in [6, 6.07) is -1.80. The number of carbonyl (C=O) groups is 5. The third kappa shape index (κ3) is 5.29. The topological polar surface area (TPSA) is 202 Å². The number of nitrogens with two attached hydrogens (primary N) is 2. The van der Waals surface area contributed by atoms with Crippen molar-refractivity contribution in [2.75, 3.05) is 18.9 Å². The van der Waals surface area contributed by atoms with E-state index in [2.05, 4.69) is 10.1 Å². The molecule has 7 N–H and O–H groups in total. The molecule has 0 aromatic rings. The molecule has 3 amide bonds. The van der Waals surface area contributed by atoms with E-state index in [1.165, 1.54) is 16.7 Å². The molecular formula is C16H24N4O8S. The van der Waals surface area contributed by atoms with Gasteiger partial charge >= 0.3 is 18.0 Å². The highest BCUT2D eigenvalue weighted by molar-refractivity contribution is 8.00. The minimum Gasteiger partial charge on any atom is -0.481 e. The summed E-state index contributed by atoms with van der Waals surface area (Å²) in [4.78, 5) is 58.9. The van der Waals surface area contributed by atoms with E-state index in [9.17, 15) is 29.1 Å². The molecule has 0 saturated carbocycles. The molecule has 162 valence electrons. The van der Waals surface area contributed by atoms with Crippen LogP contribution in [0.1, 0.15) is 25.7 Å². The standard InChI is InChI=1S/C16H24N4O8S/c17-8(13(23)24)2-1-3-9(21)19-10-11(22)20-6-16(14(25)26,7-29-12(10)20)4-5-28-15(18)27/h8,10,12H,1-7,17H2,(H2,18,27)(H,19,21)(H,23,24)(H,25,26)/t8?,10?,12-,16?/m1/s1. The number of β-lactam (4-membered cyclic amide) rings is 1. The summed E-state index contributed by atoms with van der Waals surface area (Å²) in [6.07, 6.45) is -0.551. The molecule has 2 aliphatic rings. The zero-order valence-corrected chi connectivity index (χ0v) is 16.4. The average molecular weight is 432 g/mol. The Morgan fingerprint density at radius 1 is 1.34 bits per heavy atom. The van der Waals surface area contributed by atoms with Crippen LogP contribution in [0.3, 0.4) is 0 Å². The Bertz CT molecular complexity index is 704. The fraction of sp³-hybridized carbons (Fsp3) is 0.688. The molecule has 0 spiro atoms. The van der Waals surface area contributed by atoms with Crippen molar-refractivity contribution in [1.82, 2.24) is 10.2 Å². The summed E-state index contributed by atoms with van der Waals surface area (Å²) >= 11 is 1.23. The predicted octanol–water partition coefficient (Wildman–Crippen LogP) is -1.48. The summed E-state index contributed by atoms with van der Waals surface area (Å²) in [5.74, 6) is -2.85. The lowest BCUT2D eigenvalue weighted by Gasteiger charge is -2.53. The average Bonchev–Trinajstić information content (AvgIpc) is 2.65. The molecule has 0 aromatic carbocycles. The minimum atomic E-state index is -1.27. The number of nitrogens with one attached hydrogen (secondary N) is 1. The Labute approximate surface area is 170 Å². The third-order valence-electron chi connectivity index (χ3n) is 4.98. The van der Waals surface area contributed by atoms with E-state index < -0.39 is 41.4 Å². The number of hydrogen-bond acceptors (Lipinski definition) is 8. The highest BCUT2D eigenvalue weighted by atomic mass is 32.2. The molecule has 0 aromatic heterocycles. The fourth-order valence-electron chi connectivity index (χ4n) is 3.21. The molecule has 4 atom stereocenters. The molecule has 2 heterocycles. The lowest BCUT2D eigenvalue weighted by atomic mass is 9.84. The van der Waals surface area contributed by atoms with Gasteiger partial charge < -0.3 is 36.6 Å². The molecular weight excluding hydrogens is 408 g/mol. The predicted molar refractivity (Wildman–Crippen MR) is 99.6 cm³/mol. The fourth-order valence-corrected chi connectivity index (χ4v) is 4.80. The monoisotopic (exact) mass is 432 g/mol. The first-order chi connectivity index (χ1) is 13.6. The molecule has 3 unspecified atom stereocenters. The first kappa shape index (κ1) is 22.7. The van der Waals surface area contributed by atoms with Crippen LogP contribution in [0, 0.1) is 5.41 Å². The van der Waals surface area contributed by atoms with Gasteiger partial charge in [0.05, 0.1) is 12.0 Å². The molecule has 2 saturated heterocycles. The Morgan fingerprint density at radius 3 is 2.62 bits per heavy atom. The Hall–Kier alpha value is -2.54. The van der Waals surface area contributed by atoms with Gasteiger partial charge in [0.25, 0.3) is 0 Å². The molecule has 13 heteroatoms. The van der Waals surface area contributed by atoms with Crippen molar-refractivity contribution in [2.24, 2.45) is 16.9 Å².